The lowest BCUT2D eigenvalue weighted by Crippen LogP contribution is -2.18. The van der Waals surface area contributed by atoms with Gasteiger partial charge in [-0.25, -0.2) is 4.18 Å². The van der Waals surface area contributed by atoms with Crippen LogP contribution in [0, 0.1) is 0 Å². The number of Topliss-reactive ketones (excluding diaryl/α,β-unsaturated/α-hetero) is 1. The fourth-order valence-corrected chi connectivity index (χ4v) is 2.66. The van der Waals surface area contributed by atoms with Crippen molar-refractivity contribution >= 4 is 16.2 Å². The number of hydrogen-bond acceptors (Lipinski definition) is 4. The SMILES string of the molecule is CCCCC(CCCCCCCC(C)=O)OS(=O)(=O)O. The first kappa shape index (κ1) is 19.5. The Morgan fingerprint density at radius 3 is 2.15 bits per heavy atom. The number of unbranched alkanes of at least 4 members (excludes halogenated alkanes) is 5. The molecule has 0 aromatic carbocycles. The van der Waals surface area contributed by atoms with E-state index in [1.54, 1.807) is 6.92 Å². The van der Waals surface area contributed by atoms with E-state index in [4.69, 9.17) is 4.55 Å². The highest BCUT2D eigenvalue weighted by Gasteiger charge is 2.16. The smallest absolute Gasteiger partial charge is 0.300 e. The molecule has 0 amide bonds. The maximum absolute atomic E-state index is 10.8. The molecule has 0 fully saturated rings. The molecule has 0 radical (unpaired) electrons. The third-order valence-corrected chi connectivity index (χ3v) is 3.71. The topological polar surface area (TPSA) is 80.7 Å². The Balaban J connectivity index is 3.76. The zero-order valence-corrected chi connectivity index (χ0v) is 13.5. The third kappa shape index (κ3) is 14.0. The summed E-state index contributed by atoms with van der Waals surface area (Å²) in [6.45, 7) is 3.63. The van der Waals surface area contributed by atoms with E-state index < -0.39 is 16.5 Å². The molecule has 0 saturated carbocycles. The zero-order chi connectivity index (χ0) is 15.4. The quantitative estimate of drug-likeness (QED) is 0.414. The molecule has 0 aliphatic rings. The summed E-state index contributed by atoms with van der Waals surface area (Å²) in [5.74, 6) is 0.228. The van der Waals surface area contributed by atoms with E-state index in [9.17, 15) is 13.2 Å². The summed E-state index contributed by atoms with van der Waals surface area (Å²) < 4.78 is 34.9. The maximum atomic E-state index is 10.8. The minimum atomic E-state index is -4.35. The molecule has 0 aromatic heterocycles. The molecule has 120 valence electrons. The third-order valence-electron chi connectivity index (χ3n) is 3.19. The molecule has 6 heteroatoms. The average molecular weight is 308 g/mol. The maximum Gasteiger partial charge on any atom is 0.397 e. The van der Waals surface area contributed by atoms with Crippen molar-refractivity contribution in [3.05, 3.63) is 0 Å². The minimum Gasteiger partial charge on any atom is -0.300 e. The summed E-state index contributed by atoms with van der Waals surface area (Å²) in [4.78, 5) is 10.8. The second kappa shape index (κ2) is 11.2. The van der Waals surface area contributed by atoms with Gasteiger partial charge in [0.2, 0.25) is 0 Å². The van der Waals surface area contributed by atoms with Crippen molar-refractivity contribution in [1.82, 2.24) is 0 Å². The van der Waals surface area contributed by atoms with Crippen LogP contribution in [-0.2, 0) is 19.4 Å². The van der Waals surface area contributed by atoms with Gasteiger partial charge in [-0.1, -0.05) is 45.4 Å². The van der Waals surface area contributed by atoms with Crippen LogP contribution < -0.4 is 0 Å². The summed E-state index contributed by atoms with van der Waals surface area (Å²) in [7, 11) is -4.35. The Bertz CT molecular complexity index is 351. The van der Waals surface area contributed by atoms with Gasteiger partial charge in [-0.3, -0.25) is 4.55 Å². The van der Waals surface area contributed by atoms with E-state index >= 15 is 0 Å². The van der Waals surface area contributed by atoms with E-state index in [1.807, 2.05) is 6.92 Å². The first-order chi connectivity index (χ1) is 9.35. The van der Waals surface area contributed by atoms with E-state index in [-0.39, 0.29) is 5.78 Å². The molecule has 1 N–H and O–H groups in total. The molecule has 5 nitrogen and oxygen atoms in total. The molecule has 20 heavy (non-hydrogen) atoms. The van der Waals surface area contributed by atoms with Gasteiger partial charge in [0.15, 0.2) is 0 Å². The van der Waals surface area contributed by atoms with Gasteiger partial charge >= 0.3 is 10.4 Å². The van der Waals surface area contributed by atoms with Gasteiger partial charge in [0.25, 0.3) is 0 Å². The number of carbonyl (C=O) groups excluding carboxylic acids is 1. The van der Waals surface area contributed by atoms with Crippen molar-refractivity contribution in [3.63, 3.8) is 0 Å². The Kier molecular flexibility index (Phi) is 11.0. The highest BCUT2D eigenvalue weighted by molar-refractivity contribution is 7.80. The average Bonchev–Trinajstić information content (AvgIpc) is 2.32. The lowest BCUT2D eigenvalue weighted by atomic mass is 10.0. The first-order valence-electron chi connectivity index (χ1n) is 7.50. The van der Waals surface area contributed by atoms with Gasteiger partial charge in [-0.05, 0) is 26.2 Å². The highest BCUT2D eigenvalue weighted by atomic mass is 32.3. The van der Waals surface area contributed by atoms with Gasteiger partial charge in [-0.2, -0.15) is 8.42 Å². The minimum absolute atomic E-state index is 0.228. The summed E-state index contributed by atoms with van der Waals surface area (Å²) in [5.41, 5.74) is 0. The molecule has 0 aliphatic carbocycles. The molecule has 1 unspecified atom stereocenters. The van der Waals surface area contributed by atoms with Crippen LogP contribution in [0.3, 0.4) is 0 Å². The zero-order valence-electron chi connectivity index (χ0n) is 12.6. The van der Waals surface area contributed by atoms with Crippen LogP contribution in [0.4, 0.5) is 0 Å². The van der Waals surface area contributed by atoms with Crippen LogP contribution in [0.1, 0.15) is 78.1 Å². The largest absolute Gasteiger partial charge is 0.397 e. The van der Waals surface area contributed by atoms with Crippen LogP contribution in [0.5, 0.6) is 0 Å². The van der Waals surface area contributed by atoms with Crippen LogP contribution in [-0.4, -0.2) is 24.9 Å². The molecule has 0 heterocycles. The number of rotatable bonds is 13. The fraction of sp³-hybridized carbons (Fsp3) is 0.929. The van der Waals surface area contributed by atoms with Crippen molar-refractivity contribution in [2.75, 3.05) is 0 Å². The molecule has 0 rings (SSSR count). The summed E-state index contributed by atoms with van der Waals surface area (Å²) in [6.07, 6.45) is 8.25. The van der Waals surface area contributed by atoms with E-state index in [2.05, 4.69) is 4.18 Å². The Hall–Kier alpha value is -0.460. The van der Waals surface area contributed by atoms with Crippen LogP contribution in [0.15, 0.2) is 0 Å². The molecule has 0 saturated heterocycles. The first-order valence-corrected chi connectivity index (χ1v) is 8.86. The molecule has 0 aliphatic heterocycles. The van der Waals surface area contributed by atoms with Crippen LogP contribution in [0.25, 0.3) is 0 Å². The Morgan fingerprint density at radius 2 is 1.60 bits per heavy atom. The summed E-state index contributed by atoms with van der Waals surface area (Å²) in [6, 6.07) is 0. The summed E-state index contributed by atoms with van der Waals surface area (Å²) in [5, 5.41) is 0. The molecular weight excluding hydrogens is 280 g/mol. The van der Waals surface area contributed by atoms with Gasteiger partial charge in [-0.15, -0.1) is 0 Å². The fourth-order valence-electron chi connectivity index (χ4n) is 2.12. The number of hydrogen-bond donors (Lipinski definition) is 1. The van der Waals surface area contributed by atoms with Gasteiger partial charge in [0.05, 0.1) is 6.10 Å². The molecule has 0 spiro atoms. The molecular formula is C14H28O5S. The Morgan fingerprint density at radius 1 is 1.05 bits per heavy atom. The van der Waals surface area contributed by atoms with Gasteiger partial charge < -0.3 is 4.79 Å². The monoisotopic (exact) mass is 308 g/mol. The molecule has 0 bridgehead atoms. The van der Waals surface area contributed by atoms with Gasteiger partial charge in [0.1, 0.15) is 5.78 Å². The number of carbonyl (C=O) groups is 1. The van der Waals surface area contributed by atoms with Crippen LogP contribution >= 0.6 is 0 Å². The van der Waals surface area contributed by atoms with E-state index in [0.29, 0.717) is 19.3 Å². The summed E-state index contributed by atoms with van der Waals surface area (Å²) >= 11 is 0. The standard InChI is InChI=1S/C14H28O5S/c1-3-4-11-14(19-20(16,17)18)12-9-7-5-6-8-10-13(2)15/h14H,3-12H2,1-2H3,(H,16,17,18). The van der Waals surface area contributed by atoms with Crippen molar-refractivity contribution in [1.29, 1.82) is 0 Å². The second-order valence-corrected chi connectivity index (χ2v) is 6.34. The van der Waals surface area contributed by atoms with Crippen molar-refractivity contribution in [2.45, 2.75) is 84.2 Å². The predicted molar refractivity (Wildman–Crippen MR) is 78.9 cm³/mol. The van der Waals surface area contributed by atoms with Crippen molar-refractivity contribution in [3.8, 4) is 0 Å². The van der Waals surface area contributed by atoms with Gasteiger partial charge in [0, 0.05) is 6.42 Å². The van der Waals surface area contributed by atoms with Crippen LogP contribution in [0.2, 0.25) is 0 Å². The lowest BCUT2D eigenvalue weighted by Gasteiger charge is -2.14. The van der Waals surface area contributed by atoms with E-state index in [1.165, 1.54) is 0 Å². The van der Waals surface area contributed by atoms with Crippen molar-refractivity contribution in [2.24, 2.45) is 0 Å². The highest BCUT2D eigenvalue weighted by Crippen LogP contribution is 2.16. The Labute approximate surface area is 123 Å². The second-order valence-electron chi connectivity index (χ2n) is 5.30. The number of ketones is 1. The molecule has 1 atom stereocenters. The lowest BCUT2D eigenvalue weighted by molar-refractivity contribution is -0.117. The normalized spacial score (nSPS) is 13.3. The predicted octanol–water partition coefficient (Wildman–Crippen LogP) is 3.68. The van der Waals surface area contributed by atoms with Crippen molar-refractivity contribution < 1.29 is 21.9 Å². The molecule has 0 aromatic rings. The van der Waals surface area contributed by atoms with E-state index in [0.717, 1.165) is 44.9 Å².